The molecule has 0 atom stereocenters. The van der Waals surface area contributed by atoms with Gasteiger partial charge in [0, 0.05) is 17.3 Å². The number of aromatic nitrogens is 2. The number of rotatable bonds is 4. The molecule has 1 aromatic carbocycles. The second kappa shape index (κ2) is 5.10. The first-order valence-electron chi connectivity index (χ1n) is 5.66. The van der Waals surface area contributed by atoms with Gasteiger partial charge in [-0.05, 0) is 24.1 Å². The van der Waals surface area contributed by atoms with E-state index in [1.54, 1.807) is 23.1 Å². The first-order valence-corrected chi connectivity index (χ1v) is 5.66. The van der Waals surface area contributed by atoms with Gasteiger partial charge in [-0.25, -0.2) is 4.39 Å². The molecule has 0 radical (unpaired) electrons. The average Bonchev–Trinajstić information content (AvgIpc) is 2.79. The van der Waals surface area contributed by atoms with Gasteiger partial charge in [-0.1, -0.05) is 13.0 Å². The summed E-state index contributed by atoms with van der Waals surface area (Å²) in [6.07, 6.45) is 4.24. The van der Waals surface area contributed by atoms with Crippen molar-refractivity contribution >= 4 is 0 Å². The fraction of sp³-hybridized carbons (Fsp3) is 0.308. The van der Waals surface area contributed by atoms with E-state index in [9.17, 15) is 4.39 Å². The number of aliphatic hydroxyl groups is 1. The second-order valence-electron chi connectivity index (χ2n) is 3.88. The molecule has 0 aliphatic rings. The van der Waals surface area contributed by atoms with Crippen LogP contribution in [0.2, 0.25) is 0 Å². The molecule has 0 unspecified atom stereocenters. The standard InChI is InChI=1S/C13H15FN2O/c1-2-10-3-4-13(14)12(7-10)11-8-15-16(9-11)5-6-17/h3-4,7-9,17H,2,5-6H2,1H3. The Labute approximate surface area is 99.5 Å². The lowest BCUT2D eigenvalue weighted by molar-refractivity contribution is 0.269. The minimum atomic E-state index is -0.245. The van der Waals surface area contributed by atoms with Crippen LogP contribution in [0.1, 0.15) is 12.5 Å². The smallest absolute Gasteiger partial charge is 0.131 e. The van der Waals surface area contributed by atoms with Crippen LogP contribution < -0.4 is 0 Å². The van der Waals surface area contributed by atoms with Gasteiger partial charge in [-0.2, -0.15) is 5.10 Å². The molecule has 2 rings (SSSR count). The highest BCUT2D eigenvalue weighted by Gasteiger charge is 2.08. The molecule has 0 saturated carbocycles. The zero-order valence-corrected chi connectivity index (χ0v) is 9.73. The molecule has 0 bridgehead atoms. The minimum absolute atomic E-state index is 0.0264. The Bertz CT molecular complexity index is 508. The van der Waals surface area contributed by atoms with Crippen molar-refractivity contribution in [1.29, 1.82) is 0 Å². The summed E-state index contributed by atoms with van der Waals surface area (Å²) in [4.78, 5) is 0. The minimum Gasteiger partial charge on any atom is -0.394 e. The van der Waals surface area contributed by atoms with Crippen molar-refractivity contribution in [3.8, 4) is 11.1 Å². The third kappa shape index (κ3) is 2.53. The molecule has 0 spiro atoms. The van der Waals surface area contributed by atoms with Crippen LogP contribution in [0.5, 0.6) is 0 Å². The van der Waals surface area contributed by atoms with Crippen LogP contribution in [-0.4, -0.2) is 21.5 Å². The van der Waals surface area contributed by atoms with E-state index < -0.39 is 0 Å². The summed E-state index contributed by atoms with van der Waals surface area (Å²) in [6.45, 7) is 2.49. The van der Waals surface area contributed by atoms with Gasteiger partial charge in [-0.3, -0.25) is 4.68 Å². The molecule has 0 aliphatic heterocycles. The van der Waals surface area contributed by atoms with Gasteiger partial charge in [0.25, 0.3) is 0 Å². The van der Waals surface area contributed by atoms with Crippen LogP contribution in [0.3, 0.4) is 0 Å². The van der Waals surface area contributed by atoms with Crippen LogP contribution in [-0.2, 0) is 13.0 Å². The maximum absolute atomic E-state index is 13.7. The number of aryl methyl sites for hydroxylation is 1. The number of hydrogen-bond acceptors (Lipinski definition) is 2. The lowest BCUT2D eigenvalue weighted by Gasteiger charge is -2.03. The van der Waals surface area contributed by atoms with Crippen molar-refractivity contribution in [3.63, 3.8) is 0 Å². The Morgan fingerprint density at radius 1 is 1.41 bits per heavy atom. The highest BCUT2D eigenvalue weighted by Crippen LogP contribution is 2.23. The van der Waals surface area contributed by atoms with E-state index in [1.165, 1.54) is 6.07 Å². The summed E-state index contributed by atoms with van der Waals surface area (Å²) in [6, 6.07) is 5.12. The Balaban J connectivity index is 2.37. The molecule has 1 heterocycles. The van der Waals surface area contributed by atoms with Gasteiger partial charge >= 0.3 is 0 Å². The Hall–Kier alpha value is -1.68. The lowest BCUT2D eigenvalue weighted by Crippen LogP contribution is -2.01. The molecule has 0 aliphatic carbocycles. The third-order valence-corrected chi connectivity index (χ3v) is 2.71. The molecule has 0 fully saturated rings. The second-order valence-corrected chi connectivity index (χ2v) is 3.88. The number of nitrogens with zero attached hydrogens (tertiary/aromatic N) is 2. The summed E-state index contributed by atoms with van der Waals surface area (Å²) >= 11 is 0. The van der Waals surface area contributed by atoms with E-state index in [1.807, 2.05) is 13.0 Å². The molecule has 3 nitrogen and oxygen atoms in total. The van der Waals surface area contributed by atoms with Gasteiger partial charge in [0.2, 0.25) is 0 Å². The SMILES string of the molecule is CCc1ccc(F)c(-c2cnn(CCO)c2)c1. The largest absolute Gasteiger partial charge is 0.394 e. The quantitative estimate of drug-likeness (QED) is 0.881. The van der Waals surface area contributed by atoms with Gasteiger partial charge in [0.05, 0.1) is 19.3 Å². The van der Waals surface area contributed by atoms with Crippen molar-refractivity contribution in [2.24, 2.45) is 0 Å². The molecule has 0 saturated heterocycles. The Morgan fingerprint density at radius 3 is 2.94 bits per heavy atom. The maximum Gasteiger partial charge on any atom is 0.131 e. The maximum atomic E-state index is 13.7. The van der Waals surface area contributed by atoms with Gasteiger partial charge < -0.3 is 5.11 Å². The monoisotopic (exact) mass is 234 g/mol. The molecule has 0 amide bonds. The molecule has 17 heavy (non-hydrogen) atoms. The predicted octanol–water partition coefficient (Wildman–Crippen LogP) is 2.24. The summed E-state index contributed by atoms with van der Waals surface area (Å²) < 4.78 is 15.3. The number of benzene rings is 1. The van der Waals surface area contributed by atoms with Crippen LogP contribution in [0.4, 0.5) is 4.39 Å². The lowest BCUT2D eigenvalue weighted by atomic mass is 10.0. The zero-order valence-electron chi connectivity index (χ0n) is 9.73. The Kier molecular flexibility index (Phi) is 3.54. The third-order valence-electron chi connectivity index (χ3n) is 2.71. The van der Waals surface area contributed by atoms with Crippen LogP contribution in [0.15, 0.2) is 30.6 Å². The van der Waals surface area contributed by atoms with E-state index >= 15 is 0 Å². The Morgan fingerprint density at radius 2 is 2.24 bits per heavy atom. The highest BCUT2D eigenvalue weighted by atomic mass is 19.1. The number of aliphatic hydroxyl groups excluding tert-OH is 1. The van der Waals surface area contributed by atoms with E-state index in [0.29, 0.717) is 12.1 Å². The fourth-order valence-corrected chi connectivity index (χ4v) is 1.74. The van der Waals surface area contributed by atoms with E-state index in [4.69, 9.17) is 5.11 Å². The van der Waals surface area contributed by atoms with Crippen LogP contribution in [0, 0.1) is 5.82 Å². The van der Waals surface area contributed by atoms with Gasteiger partial charge in [0.1, 0.15) is 5.82 Å². The van der Waals surface area contributed by atoms with Crippen LogP contribution >= 0.6 is 0 Å². The number of halogens is 1. The molecule has 2 aromatic rings. The highest BCUT2D eigenvalue weighted by molar-refractivity contribution is 5.63. The molecule has 1 aromatic heterocycles. The summed E-state index contributed by atoms with van der Waals surface area (Å²) in [5.41, 5.74) is 2.40. The van der Waals surface area contributed by atoms with Gasteiger partial charge in [0.15, 0.2) is 0 Å². The number of hydrogen-bond donors (Lipinski definition) is 1. The van der Waals surface area contributed by atoms with Crippen molar-refractivity contribution in [2.75, 3.05) is 6.61 Å². The molecule has 4 heteroatoms. The van der Waals surface area contributed by atoms with Gasteiger partial charge in [-0.15, -0.1) is 0 Å². The van der Waals surface area contributed by atoms with Crippen molar-refractivity contribution in [2.45, 2.75) is 19.9 Å². The first kappa shape index (κ1) is 11.8. The summed E-state index contributed by atoms with van der Waals surface area (Å²) in [7, 11) is 0. The zero-order chi connectivity index (χ0) is 12.3. The van der Waals surface area contributed by atoms with Crippen molar-refractivity contribution < 1.29 is 9.50 Å². The first-order chi connectivity index (χ1) is 8.24. The van der Waals surface area contributed by atoms with E-state index in [2.05, 4.69) is 5.10 Å². The molecular formula is C13H15FN2O. The molecule has 90 valence electrons. The van der Waals surface area contributed by atoms with E-state index in [-0.39, 0.29) is 12.4 Å². The van der Waals surface area contributed by atoms with E-state index in [0.717, 1.165) is 17.5 Å². The normalized spacial score (nSPS) is 10.8. The van der Waals surface area contributed by atoms with Crippen molar-refractivity contribution in [1.82, 2.24) is 9.78 Å². The van der Waals surface area contributed by atoms with Crippen LogP contribution in [0.25, 0.3) is 11.1 Å². The average molecular weight is 234 g/mol. The molecule has 1 N–H and O–H groups in total. The topological polar surface area (TPSA) is 38.0 Å². The summed E-state index contributed by atoms with van der Waals surface area (Å²) in [5.74, 6) is -0.245. The predicted molar refractivity (Wildman–Crippen MR) is 64.1 cm³/mol. The summed E-state index contributed by atoms with van der Waals surface area (Å²) in [5, 5.41) is 12.9. The fourth-order valence-electron chi connectivity index (χ4n) is 1.74. The van der Waals surface area contributed by atoms with Crippen molar-refractivity contribution in [3.05, 3.63) is 42.0 Å². The molecular weight excluding hydrogens is 219 g/mol.